The van der Waals surface area contributed by atoms with Crippen molar-refractivity contribution in [2.24, 2.45) is 0 Å². The molecule has 27 heavy (non-hydrogen) atoms. The molecule has 1 N–H and O–H groups in total. The number of nitrogens with one attached hydrogen (secondary N) is 1. The van der Waals surface area contributed by atoms with Crippen molar-refractivity contribution in [3.05, 3.63) is 64.2 Å². The smallest absolute Gasteiger partial charge is 0.293 e. The Balaban J connectivity index is 1.51. The monoisotopic (exact) mass is 393 g/mol. The van der Waals surface area contributed by atoms with Crippen LogP contribution < -0.4 is 0 Å². The first-order valence-electron chi connectivity index (χ1n) is 8.32. The number of nitrogens with zero attached hydrogens (tertiary/aromatic N) is 4. The van der Waals surface area contributed by atoms with Crippen molar-refractivity contribution in [3.8, 4) is 11.4 Å². The molecule has 0 bridgehead atoms. The number of fused-ring (bicyclic) bond motifs is 1. The average Bonchev–Trinajstić information content (AvgIpc) is 3.05. The SMILES string of the molecule is FC(F)(F)c1ccc(-c2ncc3c(n2)CCN(Cc2[nH]ncc2Cl)C3)cc1. The summed E-state index contributed by atoms with van der Waals surface area (Å²) in [5.41, 5.74) is 2.68. The van der Waals surface area contributed by atoms with E-state index in [-0.39, 0.29) is 0 Å². The number of alkyl halides is 3. The number of aromatic amines is 1. The minimum atomic E-state index is -4.35. The highest BCUT2D eigenvalue weighted by Gasteiger charge is 2.30. The van der Waals surface area contributed by atoms with Crippen LogP contribution in [0.1, 0.15) is 22.5 Å². The van der Waals surface area contributed by atoms with Gasteiger partial charge in [-0.2, -0.15) is 18.3 Å². The van der Waals surface area contributed by atoms with Crippen molar-refractivity contribution >= 4 is 11.6 Å². The minimum Gasteiger partial charge on any atom is -0.293 e. The van der Waals surface area contributed by atoms with E-state index in [9.17, 15) is 13.2 Å². The molecule has 140 valence electrons. The molecular formula is C18H15ClF3N5. The number of H-pyrrole nitrogens is 1. The Morgan fingerprint density at radius 1 is 1.15 bits per heavy atom. The Labute approximate surface area is 158 Å². The van der Waals surface area contributed by atoms with E-state index in [4.69, 9.17) is 11.6 Å². The molecule has 2 aromatic heterocycles. The summed E-state index contributed by atoms with van der Waals surface area (Å²) >= 11 is 6.07. The van der Waals surface area contributed by atoms with Gasteiger partial charge < -0.3 is 0 Å². The van der Waals surface area contributed by atoms with Gasteiger partial charge in [0, 0.05) is 43.4 Å². The van der Waals surface area contributed by atoms with Gasteiger partial charge in [0.15, 0.2) is 5.82 Å². The number of aromatic nitrogens is 4. The van der Waals surface area contributed by atoms with E-state index in [1.54, 1.807) is 12.4 Å². The number of rotatable bonds is 3. The Hall–Kier alpha value is -2.45. The first-order valence-corrected chi connectivity index (χ1v) is 8.70. The molecule has 1 aromatic carbocycles. The molecule has 3 aromatic rings. The van der Waals surface area contributed by atoms with E-state index >= 15 is 0 Å². The van der Waals surface area contributed by atoms with Crippen molar-refractivity contribution in [2.45, 2.75) is 25.7 Å². The fourth-order valence-corrected chi connectivity index (χ4v) is 3.24. The maximum Gasteiger partial charge on any atom is 0.416 e. The van der Waals surface area contributed by atoms with Crippen LogP contribution in [0.5, 0.6) is 0 Å². The number of halogens is 4. The number of benzene rings is 1. The minimum absolute atomic E-state index is 0.438. The van der Waals surface area contributed by atoms with E-state index in [0.717, 1.165) is 42.0 Å². The van der Waals surface area contributed by atoms with E-state index in [1.165, 1.54) is 12.1 Å². The van der Waals surface area contributed by atoms with E-state index in [1.807, 2.05) is 0 Å². The van der Waals surface area contributed by atoms with E-state index < -0.39 is 11.7 Å². The van der Waals surface area contributed by atoms with Crippen molar-refractivity contribution in [1.29, 1.82) is 0 Å². The largest absolute Gasteiger partial charge is 0.416 e. The summed E-state index contributed by atoms with van der Waals surface area (Å²) in [4.78, 5) is 11.1. The second-order valence-electron chi connectivity index (χ2n) is 6.40. The molecule has 3 heterocycles. The zero-order chi connectivity index (χ0) is 19.0. The van der Waals surface area contributed by atoms with Crippen LogP contribution in [0.3, 0.4) is 0 Å². The molecule has 0 aliphatic carbocycles. The Morgan fingerprint density at radius 3 is 2.59 bits per heavy atom. The third-order valence-electron chi connectivity index (χ3n) is 4.53. The maximum absolute atomic E-state index is 12.7. The molecule has 4 rings (SSSR count). The van der Waals surface area contributed by atoms with Crippen molar-refractivity contribution in [3.63, 3.8) is 0 Å². The summed E-state index contributed by atoms with van der Waals surface area (Å²) in [6, 6.07) is 4.90. The van der Waals surface area contributed by atoms with Crippen molar-refractivity contribution < 1.29 is 13.2 Å². The molecule has 0 saturated carbocycles. The van der Waals surface area contributed by atoms with Gasteiger partial charge in [-0.15, -0.1) is 0 Å². The zero-order valence-corrected chi connectivity index (χ0v) is 14.8. The second kappa shape index (κ2) is 6.94. The average molecular weight is 394 g/mol. The van der Waals surface area contributed by atoms with E-state index in [0.29, 0.717) is 29.5 Å². The molecule has 0 fully saturated rings. The van der Waals surface area contributed by atoms with Crippen molar-refractivity contribution in [1.82, 2.24) is 25.1 Å². The first kappa shape index (κ1) is 17.9. The van der Waals surface area contributed by atoms with Gasteiger partial charge >= 0.3 is 6.18 Å². The molecule has 5 nitrogen and oxygen atoms in total. The molecule has 1 aliphatic heterocycles. The van der Waals surface area contributed by atoms with Crippen LogP contribution in [0, 0.1) is 0 Å². The lowest BCUT2D eigenvalue weighted by molar-refractivity contribution is -0.137. The Bertz CT molecular complexity index is 952. The lowest BCUT2D eigenvalue weighted by Crippen LogP contribution is -2.31. The van der Waals surface area contributed by atoms with Gasteiger partial charge in [0.2, 0.25) is 0 Å². The summed E-state index contributed by atoms with van der Waals surface area (Å²) in [6.45, 7) is 2.13. The highest BCUT2D eigenvalue weighted by molar-refractivity contribution is 6.31. The fraction of sp³-hybridized carbons (Fsp3) is 0.278. The van der Waals surface area contributed by atoms with Gasteiger partial charge in [-0.3, -0.25) is 10.00 Å². The summed E-state index contributed by atoms with van der Waals surface area (Å²) in [5, 5.41) is 7.41. The molecule has 0 unspecified atom stereocenters. The van der Waals surface area contributed by atoms with Crippen LogP contribution in [-0.4, -0.2) is 31.6 Å². The molecule has 0 saturated heterocycles. The van der Waals surface area contributed by atoms with E-state index in [2.05, 4.69) is 25.1 Å². The maximum atomic E-state index is 12.7. The predicted molar refractivity (Wildman–Crippen MR) is 93.9 cm³/mol. The number of hydrogen-bond donors (Lipinski definition) is 1. The van der Waals surface area contributed by atoms with Crippen LogP contribution in [-0.2, 0) is 25.7 Å². The Morgan fingerprint density at radius 2 is 1.93 bits per heavy atom. The third-order valence-corrected chi connectivity index (χ3v) is 4.86. The van der Waals surface area contributed by atoms with Gasteiger partial charge in [0.05, 0.1) is 28.2 Å². The summed E-state index contributed by atoms with van der Waals surface area (Å²) in [6.07, 6.45) is -0.294. The molecule has 9 heteroatoms. The predicted octanol–water partition coefficient (Wildman–Crippen LogP) is 4.10. The second-order valence-corrected chi connectivity index (χ2v) is 6.80. The normalized spacial score (nSPS) is 15.0. The first-order chi connectivity index (χ1) is 12.9. The highest BCUT2D eigenvalue weighted by atomic mass is 35.5. The Kier molecular flexibility index (Phi) is 4.61. The van der Waals surface area contributed by atoms with Crippen molar-refractivity contribution in [2.75, 3.05) is 6.54 Å². The summed E-state index contributed by atoms with van der Waals surface area (Å²) < 4.78 is 38.1. The van der Waals surface area contributed by atoms with Crippen LogP contribution in [0.4, 0.5) is 13.2 Å². The van der Waals surface area contributed by atoms with Crippen LogP contribution in [0.25, 0.3) is 11.4 Å². The van der Waals surface area contributed by atoms with Gasteiger partial charge in [-0.25, -0.2) is 9.97 Å². The molecule has 0 radical (unpaired) electrons. The lowest BCUT2D eigenvalue weighted by atomic mass is 10.1. The quantitative estimate of drug-likeness (QED) is 0.728. The van der Waals surface area contributed by atoms with Gasteiger partial charge in [-0.05, 0) is 12.1 Å². The topological polar surface area (TPSA) is 57.7 Å². The summed E-state index contributed by atoms with van der Waals surface area (Å²) in [7, 11) is 0. The molecule has 0 spiro atoms. The zero-order valence-electron chi connectivity index (χ0n) is 14.1. The third kappa shape index (κ3) is 3.81. The molecule has 0 atom stereocenters. The van der Waals surface area contributed by atoms with Gasteiger partial charge in [-0.1, -0.05) is 23.7 Å². The standard InChI is InChI=1S/C18H15ClF3N5/c19-14-8-24-26-16(14)10-27-6-5-15-12(9-27)7-23-17(25-15)11-1-3-13(4-2-11)18(20,21)22/h1-4,7-8H,5-6,9-10H2,(H,24,26). The van der Waals surface area contributed by atoms with Crippen LogP contribution >= 0.6 is 11.6 Å². The van der Waals surface area contributed by atoms with Crippen LogP contribution in [0.15, 0.2) is 36.7 Å². The van der Waals surface area contributed by atoms with Gasteiger partial charge in [0.25, 0.3) is 0 Å². The lowest BCUT2D eigenvalue weighted by Gasteiger charge is -2.27. The molecular weight excluding hydrogens is 379 g/mol. The fourth-order valence-electron chi connectivity index (χ4n) is 3.09. The molecule has 0 amide bonds. The van der Waals surface area contributed by atoms with Gasteiger partial charge in [0.1, 0.15) is 0 Å². The van der Waals surface area contributed by atoms with Crippen LogP contribution in [0.2, 0.25) is 5.02 Å². The summed E-state index contributed by atoms with van der Waals surface area (Å²) in [5.74, 6) is 0.438. The highest BCUT2D eigenvalue weighted by Crippen LogP contribution is 2.30. The number of hydrogen-bond acceptors (Lipinski definition) is 4. The molecule has 1 aliphatic rings.